The highest BCUT2D eigenvalue weighted by Crippen LogP contribution is 2.38. The number of unbranched alkanes of at least 4 members (excludes halogenated alkanes) is 49. The zero-order valence-corrected chi connectivity index (χ0v) is 51.5. The van der Waals surface area contributed by atoms with Crippen molar-refractivity contribution in [1.82, 2.24) is 5.32 Å². The molecule has 9 heteroatoms. The molecule has 74 heavy (non-hydrogen) atoms. The smallest absolute Gasteiger partial charge is 0.268 e. The molecule has 0 saturated carbocycles. The van der Waals surface area contributed by atoms with E-state index < -0.39 is 20.0 Å². The van der Waals surface area contributed by atoms with Crippen LogP contribution in [-0.2, 0) is 18.4 Å². The first kappa shape index (κ1) is 73.2. The van der Waals surface area contributed by atoms with Gasteiger partial charge in [-0.1, -0.05) is 334 Å². The number of hydrogen-bond acceptors (Lipinski definition) is 6. The molecule has 0 aliphatic heterocycles. The van der Waals surface area contributed by atoms with Crippen LogP contribution in [0.4, 0.5) is 0 Å². The Balaban J connectivity index is 4.01. The van der Waals surface area contributed by atoms with Gasteiger partial charge in [-0.25, -0.2) is 0 Å². The molecule has 2 N–H and O–H groups in total. The predicted molar refractivity (Wildman–Crippen MR) is 321 cm³/mol. The average molecular weight is 1070 g/mol. The number of allylic oxidation sites excluding steroid dienone is 1. The van der Waals surface area contributed by atoms with E-state index in [1.165, 1.54) is 289 Å². The van der Waals surface area contributed by atoms with E-state index in [2.05, 4.69) is 19.2 Å². The Bertz CT molecular complexity index is 1210. The van der Waals surface area contributed by atoms with Gasteiger partial charge in [0.15, 0.2) is 0 Å². The van der Waals surface area contributed by atoms with Crippen molar-refractivity contribution < 1.29 is 32.9 Å². The molecule has 0 heterocycles. The summed E-state index contributed by atoms with van der Waals surface area (Å²) in [5.74, 6) is -0.188. The number of hydrogen-bond donors (Lipinski definition) is 2. The second-order valence-electron chi connectivity index (χ2n) is 24.2. The Morgan fingerprint density at radius 3 is 1.01 bits per heavy atom. The van der Waals surface area contributed by atoms with Gasteiger partial charge < -0.3 is 28.8 Å². The van der Waals surface area contributed by atoms with Crippen molar-refractivity contribution in [3.05, 3.63) is 12.2 Å². The number of amides is 1. The van der Waals surface area contributed by atoms with Crippen LogP contribution in [0.1, 0.15) is 348 Å². The van der Waals surface area contributed by atoms with Gasteiger partial charge >= 0.3 is 0 Å². The largest absolute Gasteiger partial charge is 0.756 e. The molecule has 0 radical (unpaired) electrons. The van der Waals surface area contributed by atoms with Crippen molar-refractivity contribution in [3.8, 4) is 0 Å². The predicted octanol–water partition coefficient (Wildman–Crippen LogP) is 19.9. The lowest BCUT2D eigenvalue weighted by Gasteiger charge is -2.29. The lowest BCUT2D eigenvalue weighted by molar-refractivity contribution is -0.870. The van der Waals surface area contributed by atoms with Crippen LogP contribution in [0.2, 0.25) is 0 Å². The molecule has 1 amide bonds. The number of likely N-dealkylation sites (N-methyl/N-ethyl adjacent to an activating group) is 1. The summed E-state index contributed by atoms with van der Waals surface area (Å²) in [6.45, 7) is 4.71. The standard InChI is InChI=1S/C65H131N2O6P/c1-6-8-10-12-14-16-18-20-22-24-26-28-29-30-31-32-33-34-35-36-37-38-39-41-43-45-47-49-51-53-55-57-59-65(69)66-63(62-73-74(70,71)72-61-60-67(3,4)5)64(68)58-56-54-52-50-48-46-44-42-40-27-25-23-21-19-17-15-13-11-9-7-2/h56,58,63-64,68H,6-55,57,59-62H2,1-5H3,(H-,66,69,70,71)/b58-56+. The van der Waals surface area contributed by atoms with Crippen molar-refractivity contribution in [1.29, 1.82) is 0 Å². The molecule has 0 aromatic carbocycles. The van der Waals surface area contributed by atoms with Gasteiger partial charge in [0.05, 0.1) is 39.9 Å². The number of phosphoric acid groups is 1. The first-order chi connectivity index (χ1) is 36.0. The molecule has 442 valence electrons. The van der Waals surface area contributed by atoms with Crippen LogP contribution in [0, 0.1) is 0 Å². The second-order valence-corrected chi connectivity index (χ2v) is 25.6. The molecule has 0 bridgehead atoms. The van der Waals surface area contributed by atoms with E-state index >= 15 is 0 Å². The maximum atomic E-state index is 13.0. The molecule has 0 fully saturated rings. The third kappa shape index (κ3) is 58.9. The Kier molecular flexibility index (Phi) is 56.4. The minimum Gasteiger partial charge on any atom is -0.756 e. The monoisotopic (exact) mass is 1070 g/mol. The summed E-state index contributed by atoms with van der Waals surface area (Å²) in [7, 11) is 1.28. The lowest BCUT2D eigenvalue weighted by Crippen LogP contribution is -2.45. The maximum absolute atomic E-state index is 13.0. The SMILES string of the molecule is CCCCCCCCCCCCCCCCCCCC/C=C/C(O)C(COP(=O)([O-])OCC[N+](C)(C)C)NC(=O)CCCCCCCCCCCCCCCCCCCCCCCCCCCCCCCCCC. The van der Waals surface area contributed by atoms with E-state index in [0.29, 0.717) is 17.4 Å². The maximum Gasteiger partial charge on any atom is 0.268 e. The first-order valence-corrected chi connectivity index (χ1v) is 34.5. The fourth-order valence-electron chi connectivity index (χ4n) is 10.3. The number of rotatable bonds is 62. The number of aliphatic hydroxyl groups is 1. The number of quaternary nitrogens is 1. The summed E-state index contributed by atoms with van der Waals surface area (Å²) in [5.41, 5.74) is 0. The van der Waals surface area contributed by atoms with E-state index in [9.17, 15) is 19.4 Å². The normalized spacial score (nSPS) is 13.8. The van der Waals surface area contributed by atoms with Crippen molar-refractivity contribution >= 4 is 13.7 Å². The Morgan fingerprint density at radius 2 is 0.730 bits per heavy atom. The lowest BCUT2D eigenvalue weighted by atomic mass is 10.0. The molecule has 0 aliphatic rings. The Hall–Kier alpha value is -0.760. The summed E-state index contributed by atoms with van der Waals surface area (Å²) in [4.78, 5) is 25.6. The highest BCUT2D eigenvalue weighted by Gasteiger charge is 2.23. The van der Waals surface area contributed by atoms with Gasteiger partial charge in [0, 0.05) is 6.42 Å². The molecule has 0 spiro atoms. The van der Waals surface area contributed by atoms with Gasteiger partial charge in [0.1, 0.15) is 13.2 Å². The molecule has 0 saturated heterocycles. The fraction of sp³-hybridized carbons (Fsp3) is 0.954. The summed E-state index contributed by atoms with van der Waals surface area (Å²) in [5, 5.41) is 13.9. The minimum atomic E-state index is -4.60. The van der Waals surface area contributed by atoms with Crippen LogP contribution < -0.4 is 10.2 Å². The van der Waals surface area contributed by atoms with E-state index in [1.807, 2.05) is 27.2 Å². The van der Waals surface area contributed by atoms with Gasteiger partial charge in [0.25, 0.3) is 7.82 Å². The Morgan fingerprint density at radius 1 is 0.459 bits per heavy atom. The molecule has 0 aromatic heterocycles. The third-order valence-corrected chi connectivity index (χ3v) is 16.5. The molecular formula is C65H131N2O6P. The quantitative estimate of drug-likeness (QED) is 0.0272. The molecule has 0 rings (SSSR count). The zero-order valence-electron chi connectivity index (χ0n) is 50.6. The Labute approximate surface area is 462 Å². The van der Waals surface area contributed by atoms with Gasteiger partial charge in [-0.05, 0) is 19.3 Å². The molecule has 3 unspecified atom stereocenters. The van der Waals surface area contributed by atoms with Crippen molar-refractivity contribution in [2.45, 2.75) is 360 Å². The van der Waals surface area contributed by atoms with Gasteiger partial charge in [0.2, 0.25) is 5.91 Å². The summed E-state index contributed by atoms with van der Waals surface area (Å²) in [6, 6.07) is -0.883. The highest BCUT2D eigenvalue weighted by molar-refractivity contribution is 7.45. The molecular weight excluding hydrogens is 936 g/mol. The van der Waals surface area contributed by atoms with Crippen LogP contribution >= 0.6 is 7.82 Å². The van der Waals surface area contributed by atoms with Gasteiger partial charge in [-0.3, -0.25) is 9.36 Å². The number of nitrogens with one attached hydrogen (secondary N) is 1. The highest BCUT2D eigenvalue weighted by atomic mass is 31.2. The zero-order chi connectivity index (χ0) is 54.2. The van der Waals surface area contributed by atoms with Crippen LogP contribution in [0.25, 0.3) is 0 Å². The number of aliphatic hydroxyl groups excluding tert-OH is 1. The summed E-state index contributed by atoms with van der Waals surface area (Å²) in [6.07, 6.45) is 71.8. The van der Waals surface area contributed by atoms with E-state index in [1.54, 1.807) is 6.08 Å². The fourth-order valence-corrected chi connectivity index (χ4v) is 11.1. The van der Waals surface area contributed by atoms with Crippen LogP contribution in [0.15, 0.2) is 12.2 Å². The molecule has 3 atom stereocenters. The van der Waals surface area contributed by atoms with E-state index in [-0.39, 0.29) is 19.1 Å². The topological polar surface area (TPSA) is 108 Å². The van der Waals surface area contributed by atoms with Gasteiger partial charge in [-0.2, -0.15) is 0 Å². The van der Waals surface area contributed by atoms with E-state index in [4.69, 9.17) is 9.05 Å². The van der Waals surface area contributed by atoms with Crippen molar-refractivity contribution in [3.63, 3.8) is 0 Å². The number of carbonyl (C=O) groups is 1. The molecule has 0 aliphatic carbocycles. The van der Waals surface area contributed by atoms with Crippen LogP contribution in [-0.4, -0.2) is 68.5 Å². The first-order valence-electron chi connectivity index (χ1n) is 33.1. The summed E-state index contributed by atoms with van der Waals surface area (Å²) < 4.78 is 23.4. The average Bonchev–Trinajstić information content (AvgIpc) is 3.36. The van der Waals surface area contributed by atoms with Crippen molar-refractivity contribution in [2.75, 3.05) is 40.9 Å². The van der Waals surface area contributed by atoms with E-state index in [0.717, 1.165) is 38.5 Å². The minimum absolute atomic E-state index is 0.00285. The van der Waals surface area contributed by atoms with Crippen LogP contribution in [0.3, 0.4) is 0 Å². The second kappa shape index (κ2) is 56.9. The van der Waals surface area contributed by atoms with Crippen molar-refractivity contribution in [2.24, 2.45) is 0 Å². The number of carbonyl (C=O) groups excluding carboxylic acids is 1. The number of nitrogens with zero attached hydrogens (tertiary/aromatic N) is 1. The third-order valence-electron chi connectivity index (χ3n) is 15.5. The molecule has 0 aromatic rings. The summed E-state index contributed by atoms with van der Waals surface area (Å²) >= 11 is 0. The van der Waals surface area contributed by atoms with Crippen LogP contribution in [0.5, 0.6) is 0 Å². The molecule has 8 nitrogen and oxygen atoms in total. The van der Waals surface area contributed by atoms with Gasteiger partial charge in [-0.15, -0.1) is 0 Å². The number of phosphoric ester groups is 1.